The molecule has 4 rings (SSSR count). The molecular weight excluding hydrogens is 396 g/mol. The average molecular weight is 417 g/mol. The second-order valence-electron chi connectivity index (χ2n) is 6.74. The molecule has 1 heterocycles. The molecule has 1 N–H and O–H groups in total. The van der Waals surface area contributed by atoms with Gasteiger partial charge < -0.3 is 9.73 Å². The van der Waals surface area contributed by atoms with E-state index in [1.807, 2.05) is 67.6 Å². The van der Waals surface area contributed by atoms with Gasteiger partial charge in [0.15, 0.2) is 0 Å². The minimum atomic E-state index is -3.86. The lowest BCUT2D eigenvalue weighted by Gasteiger charge is -2.06. The van der Waals surface area contributed by atoms with Crippen LogP contribution in [0.2, 0.25) is 0 Å². The number of nitrogens with zero attached hydrogens (tertiary/aromatic N) is 1. The van der Waals surface area contributed by atoms with Crippen molar-refractivity contribution >= 4 is 33.6 Å². The van der Waals surface area contributed by atoms with Crippen LogP contribution in [-0.4, -0.2) is 13.4 Å². The third-order valence-electron chi connectivity index (χ3n) is 4.45. The molecule has 0 aliphatic carbocycles. The number of oxazole rings is 1. The lowest BCUT2D eigenvalue weighted by atomic mass is 10.2. The van der Waals surface area contributed by atoms with Crippen LogP contribution in [0.1, 0.15) is 17.0 Å². The predicted octanol–water partition coefficient (Wildman–Crippen LogP) is 5.73. The van der Waals surface area contributed by atoms with Gasteiger partial charge in [-0.25, -0.2) is 8.42 Å². The second-order valence-corrected chi connectivity index (χ2v) is 8.60. The number of hydrogen-bond donors (Lipinski definition) is 1. The van der Waals surface area contributed by atoms with Gasteiger partial charge in [0.05, 0.1) is 4.90 Å². The molecule has 0 radical (unpaired) electrons. The largest absolute Gasteiger partial charge is 0.420 e. The van der Waals surface area contributed by atoms with Gasteiger partial charge >= 0.3 is 0 Å². The van der Waals surface area contributed by atoms with Crippen LogP contribution in [0.25, 0.3) is 12.2 Å². The van der Waals surface area contributed by atoms with E-state index in [9.17, 15) is 8.42 Å². The van der Waals surface area contributed by atoms with Crippen LogP contribution in [0.3, 0.4) is 0 Å². The van der Waals surface area contributed by atoms with Crippen LogP contribution in [-0.2, 0) is 9.84 Å². The molecule has 0 aliphatic rings. The summed E-state index contributed by atoms with van der Waals surface area (Å²) in [5.41, 5.74) is 2.76. The number of aromatic nitrogens is 1. The Morgan fingerprint density at radius 1 is 0.833 bits per heavy atom. The standard InChI is InChI=1S/C24H20N2O3S/c1-18-12-15-20(16-13-18)25-23-24(30(27,28)21-10-6-3-7-11-21)26-22(29-23)17-14-19-8-4-2-5-9-19/h2-17,25H,1H3/b17-14+. The molecule has 0 saturated carbocycles. The van der Waals surface area contributed by atoms with Crippen molar-refractivity contribution in [2.45, 2.75) is 16.8 Å². The van der Waals surface area contributed by atoms with Crippen LogP contribution in [0.5, 0.6) is 0 Å². The zero-order valence-electron chi connectivity index (χ0n) is 16.3. The summed E-state index contributed by atoms with van der Waals surface area (Å²) in [4.78, 5) is 4.44. The minimum absolute atomic E-state index is 0.0791. The van der Waals surface area contributed by atoms with Crippen molar-refractivity contribution < 1.29 is 12.8 Å². The molecule has 0 fully saturated rings. The smallest absolute Gasteiger partial charge is 0.238 e. The monoisotopic (exact) mass is 416 g/mol. The molecular formula is C24H20N2O3S. The summed E-state index contributed by atoms with van der Waals surface area (Å²) in [6, 6.07) is 25.4. The van der Waals surface area contributed by atoms with Crippen LogP contribution in [0, 0.1) is 6.92 Å². The fourth-order valence-electron chi connectivity index (χ4n) is 2.87. The highest BCUT2D eigenvalue weighted by Crippen LogP contribution is 2.31. The number of benzene rings is 3. The fraction of sp³-hybridized carbons (Fsp3) is 0.0417. The number of aryl methyl sites for hydroxylation is 1. The van der Waals surface area contributed by atoms with Crippen molar-refractivity contribution in [3.8, 4) is 0 Å². The van der Waals surface area contributed by atoms with Crippen molar-refractivity contribution in [2.75, 3.05) is 5.32 Å². The molecule has 0 unspecified atom stereocenters. The number of rotatable bonds is 6. The predicted molar refractivity (Wildman–Crippen MR) is 118 cm³/mol. The Bertz CT molecular complexity index is 1260. The lowest BCUT2D eigenvalue weighted by molar-refractivity contribution is 0.560. The minimum Gasteiger partial charge on any atom is -0.420 e. The topological polar surface area (TPSA) is 72.2 Å². The Hall–Kier alpha value is -3.64. The number of anilines is 2. The quantitative estimate of drug-likeness (QED) is 0.435. The first-order chi connectivity index (χ1) is 14.5. The molecule has 0 amide bonds. The van der Waals surface area contributed by atoms with Crippen molar-refractivity contribution in [1.82, 2.24) is 4.98 Å². The normalized spacial score (nSPS) is 11.6. The van der Waals surface area contributed by atoms with E-state index < -0.39 is 9.84 Å². The van der Waals surface area contributed by atoms with Crippen molar-refractivity contribution in [1.29, 1.82) is 0 Å². The van der Waals surface area contributed by atoms with E-state index in [2.05, 4.69) is 10.3 Å². The Kier molecular flexibility index (Phi) is 5.50. The molecule has 3 aromatic carbocycles. The number of sulfone groups is 1. The van der Waals surface area contributed by atoms with Crippen molar-refractivity contribution in [3.05, 3.63) is 102 Å². The van der Waals surface area contributed by atoms with Crippen LogP contribution >= 0.6 is 0 Å². The summed E-state index contributed by atoms with van der Waals surface area (Å²) in [6.07, 6.45) is 3.47. The lowest BCUT2D eigenvalue weighted by Crippen LogP contribution is -2.05. The average Bonchev–Trinajstić information content (AvgIpc) is 3.19. The van der Waals surface area contributed by atoms with E-state index >= 15 is 0 Å². The van der Waals surface area contributed by atoms with Gasteiger partial charge in [-0.05, 0) is 42.8 Å². The Morgan fingerprint density at radius 3 is 2.13 bits per heavy atom. The summed E-state index contributed by atoms with van der Waals surface area (Å²) >= 11 is 0. The third-order valence-corrected chi connectivity index (χ3v) is 6.13. The Morgan fingerprint density at radius 2 is 1.47 bits per heavy atom. The Balaban J connectivity index is 1.75. The van der Waals surface area contributed by atoms with Crippen molar-refractivity contribution in [2.24, 2.45) is 0 Å². The molecule has 30 heavy (non-hydrogen) atoms. The zero-order valence-corrected chi connectivity index (χ0v) is 17.1. The first-order valence-electron chi connectivity index (χ1n) is 9.40. The van der Waals surface area contributed by atoms with Crippen molar-refractivity contribution in [3.63, 3.8) is 0 Å². The van der Waals surface area contributed by atoms with E-state index in [0.717, 1.165) is 11.1 Å². The number of nitrogens with one attached hydrogen (secondary N) is 1. The molecule has 5 nitrogen and oxygen atoms in total. The van der Waals surface area contributed by atoms with Crippen LogP contribution in [0.4, 0.5) is 11.6 Å². The highest BCUT2D eigenvalue weighted by molar-refractivity contribution is 7.91. The third kappa shape index (κ3) is 4.34. The molecule has 0 atom stereocenters. The first kappa shape index (κ1) is 19.7. The van der Waals surface area contributed by atoms with Gasteiger partial charge in [-0.1, -0.05) is 66.2 Å². The fourth-order valence-corrected chi connectivity index (χ4v) is 4.15. The SMILES string of the molecule is Cc1ccc(Nc2oc(/C=C/c3ccccc3)nc2S(=O)(=O)c2ccccc2)cc1. The summed E-state index contributed by atoms with van der Waals surface area (Å²) in [5.74, 6) is 0.276. The van der Waals surface area contributed by atoms with E-state index in [1.165, 1.54) is 0 Å². The molecule has 0 saturated heterocycles. The van der Waals surface area contributed by atoms with E-state index in [4.69, 9.17) is 4.42 Å². The van der Waals surface area contributed by atoms with Crippen LogP contribution in [0.15, 0.2) is 99.3 Å². The Labute approximate surface area is 175 Å². The second kappa shape index (κ2) is 8.39. The van der Waals surface area contributed by atoms with Gasteiger partial charge in [0.2, 0.25) is 26.6 Å². The highest BCUT2D eigenvalue weighted by atomic mass is 32.2. The van der Waals surface area contributed by atoms with Gasteiger partial charge in [-0.2, -0.15) is 4.98 Å². The maximum atomic E-state index is 13.2. The maximum absolute atomic E-state index is 13.2. The molecule has 0 aliphatic heterocycles. The van der Waals surface area contributed by atoms with Gasteiger partial charge in [0, 0.05) is 11.8 Å². The molecule has 150 valence electrons. The summed E-state index contributed by atoms with van der Waals surface area (Å²) < 4.78 is 32.2. The van der Waals surface area contributed by atoms with Gasteiger partial charge in [0.25, 0.3) is 0 Å². The van der Waals surface area contributed by atoms with E-state index in [1.54, 1.807) is 36.4 Å². The molecule has 0 spiro atoms. The summed E-state index contributed by atoms with van der Waals surface area (Å²) in [6.45, 7) is 1.98. The van der Waals surface area contributed by atoms with Crippen LogP contribution < -0.4 is 5.32 Å². The highest BCUT2D eigenvalue weighted by Gasteiger charge is 2.27. The van der Waals surface area contributed by atoms with E-state index in [-0.39, 0.29) is 21.7 Å². The van der Waals surface area contributed by atoms with Gasteiger partial charge in [-0.15, -0.1) is 0 Å². The number of hydrogen-bond acceptors (Lipinski definition) is 5. The maximum Gasteiger partial charge on any atom is 0.238 e. The van der Waals surface area contributed by atoms with Gasteiger partial charge in [-0.3, -0.25) is 0 Å². The zero-order chi connectivity index (χ0) is 21.0. The molecule has 0 bridgehead atoms. The molecule has 6 heteroatoms. The van der Waals surface area contributed by atoms with E-state index in [0.29, 0.717) is 5.69 Å². The summed E-state index contributed by atoms with van der Waals surface area (Å²) in [7, 11) is -3.86. The van der Waals surface area contributed by atoms with Gasteiger partial charge in [0.1, 0.15) is 0 Å². The first-order valence-corrected chi connectivity index (χ1v) is 10.9. The summed E-state index contributed by atoms with van der Waals surface area (Å²) in [5, 5.41) is 2.90. The molecule has 4 aromatic rings. The molecule has 1 aromatic heterocycles.